The second kappa shape index (κ2) is 7.76. The Hall–Kier alpha value is -2.37. The highest BCUT2D eigenvalue weighted by atomic mass is 35.5. The lowest BCUT2D eigenvalue weighted by molar-refractivity contribution is 0.106. The van der Waals surface area contributed by atoms with Crippen molar-refractivity contribution in [3.05, 3.63) is 63.6 Å². The van der Waals surface area contributed by atoms with E-state index >= 15 is 0 Å². The molecule has 0 spiro atoms. The quantitative estimate of drug-likeness (QED) is 0.372. The first-order valence-corrected chi connectivity index (χ1v) is 7.39. The third kappa shape index (κ3) is 4.81. The summed E-state index contributed by atoms with van der Waals surface area (Å²) in [5.74, 6) is 4.85. The zero-order valence-corrected chi connectivity index (χ0v) is 13.8. The van der Waals surface area contributed by atoms with Crippen LogP contribution in [0.2, 0.25) is 10.0 Å². The number of carbonyl (C=O) groups is 1. The molecule has 0 aliphatic heterocycles. The van der Waals surface area contributed by atoms with E-state index in [1.165, 1.54) is 6.21 Å². The number of benzene rings is 2. The molecule has 0 aromatic heterocycles. The van der Waals surface area contributed by atoms with Crippen molar-refractivity contribution in [2.75, 3.05) is 5.43 Å². The summed E-state index contributed by atoms with van der Waals surface area (Å²) in [6.45, 7) is 1.94. The average molecular weight is 349 g/mol. The number of ketones is 1. The van der Waals surface area contributed by atoms with Gasteiger partial charge in [-0.3, -0.25) is 10.2 Å². The number of hydrazone groups is 2. The second-order valence-electron chi connectivity index (χ2n) is 4.74. The Labute approximate surface area is 143 Å². The van der Waals surface area contributed by atoms with E-state index in [0.29, 0.717) is 21.3 Å². The lowest BCUT2D eigenvalue weighted by Crippen LogP contribution is -2.18. The maximum absolute atomic E-state index is 12.4. The number of anilines is 1. The zero-order chi connectivity index (χ0) is 16.8. The van der Waals surface area contributed by atoms with E-state index in [4.69, 9.17) is 29.0 Å². The van der Waals surface area contributed by atoms with Gasteiger partial charge in [-0.05, 0) is 25.1 Å². The van der Waals surface area contributed by atoms with Gasteiger partial charge in [-0.1, -0.05) is 53.0 Å². The van der Waals surface area contributed by atoms with Gasteiger partial charge in [0.25, 0.3) is 0 Å². The molecule has 0 atom stereocenters. The molecule has 23 heavy (non-hydrogen) atoms. The summed E-state index contributed by atoms with van der Waals surface area (Å²) in [5, 5.41) is 8.32. The number of aryl methyl sites for hydroxylation is 1. The lowest BCUT2D eigenvalue weighted by atomic mass is 10.1. The van der Waals surface area contributed by atoms with Gasteiger partial charge in [0.05, 0.1) is 11.9 Å². The number of nitrogens with two attached hydrogens (primary N) is 1. The molecule has 2 rings (SSSR count). The fourth-order valence-corrected chi connectivity index (χ4v) is 2.33. The van der Waals surface area contributed by atoms with Crippen molar-refractivity contribution >= 4 is 46.6 Å². The van der Waals surface area contributed by atoms with Gasteiger partial charge in [0.2, 0.25) is 5.78 Å². The number of carbonyl (C=O) groups excluding carboxylic acids is 1. The standard InChI is InChI=1S/C16H14Cl2N4O/c1-10-2-4-11(5-3-10)16(23)15(9-20-19)22-21-14-7-12(17)6-13(18)8-14/h2-9,21H,19H2,1H3/b20-9-,22-15-. The monoisotopic (exact) mass is 348 g/mol. The third-order valence-electron chi connectivity index (χ3n) is 2.91. The van der Waals surface area contributed by atoms with E-state index in [9.17, 15) is 4.79 Å². The van der Waals surface area contributed by atoms with Crippen molar-refractivity contribution < 1.29 is 4.79 Å². The van der Waals surface area contributed by atoms with Crippen LogP contribution in [0.25, 0.3) is 0 Å². The summed E-state index contributed by atoms with van der Waals surface area (Å²) in [5.41, 5.74) is 4.87. The average Bonchev–Trinajstić information content (AvgIpc) is 2.50. The van der Waals surface area contributed by atoms with Crippen LogP contribution >= 0.6 is 23.2 Å². The van der Waals surface area contributed by atoms with E-state index < -0.39 is 0 Å². The Morgan fingerprint density at radius 2 is 1.74 bits per heavy atom. The molecule has 118 valence electrons. The number of rotatable bonds is 5. The Balaban J connectivity index is 2.26. The Morgan fingerprint density at radius 1 is 1.13 bits per heavy atom. The Bertz CT molecular complexity index is 750. The highest BCUT2D eigenvalue weighted by Gasteiger charge is 2.12. The molecule has 5 nitrogen and oxygen atoms in total. The minimum atomic E-state index is -0.306. The van der Waals surface area contributed by atoms with Crippen LogP contribution in [0.4, 0.5) is 5.69 Å². The third-order valence-corrected chi connectivity index (χ3v) is 3.35. The highest BCUT2D eigenvalue weighted by molar-refractivity contribution is 6.64. The summed E-state index contributed by atoms with van der Waals surface area (Å²) in [6, 6.07) is 12.0. The number of halogens is 2. The van der Waals surface area contributed by atoms with Gasteiger partial charge in [0.1, 0.15) is 0 Å². The van der Waals surface area contributed by atoms with Crippen molar-refractivity contribution in [1.29, 1.82) is 0 Å². The van der Waals surface area contributed by atoms with Gasteiger partial charge in [-0.15, -0.1) is 0 Å². The van der Waals surface area contributed by atoms with Gasteiger partial charge in [0, 0.05) is 15.6 Å². The normalized spacial score (nSPS) is 11.7. The first-order valence-electron chi connectivity index (χ1n) is 6.64. The Kier molecular flexibility index (Phi) is 5.73. The number of hydrogen-bond acceptors (Lipinski definition) is 5. The molecular weight excluding hydrogens is 335 g/mol. The minimum absolute atomic E-state index is 0.0625. The van der Waals surface area contributed by atoms with E-state index in [-0.39, 0.29) is 11.5 Å². The van der Waals surface area contributed by atoms with Crippen molar-refractivity contribution in [2.24, 2.45) is 16.0 Å². The molecule has 0 saturated carbocycles. The fourth-order valence-electron chi connectivity index (χ4n) is 1.80. The van der Waals surface area contributed by atoms with E-state index in [1.54, 1.807) is 30.3 Å². The van der Waals surface area contributed by atoms with Crippen LogP contribution in [0.1, 0.15) is 15.9 Å². The molecular formula is C16H14Cl2N4O. The molecule has 2 aromatic carbocycles. The van der Waals surface area contributed by atoms with Crippen LogP contribution < -0.4 is 11.3 Å². The van der Waals surface area contributed by atoms with E-state index in [0.717, 1.165) is 5.56 Å². The minimum Gasteiger partial charge on any atom is -0.323 e. The fraction of sp³-hybridized carbons (Fsp3) is 0.0625. The van der Waals surface area contributed by atoms with Crippen LogP contribution in [0, 0.1) is 6.92 Å². The van der Waals surface area contributed by atoms with Crippen molar-refractivity contribution in [3.8, 4) is 0 Å². The highest BCUT2D eigenvalue weighted by Crippen LogP contribution is 2.22. The summed E-state index contributed by atoms with van der Waals surface area (Å²) in [4.78, 5) is 12.4. The number of hydrogen-bond donors (Lipinski definition) is 2. The maximum Gasteiger partial charge on any atom is 0.214 e. The summed E-state index contributed by atoms with van der Waals surface area (Å²) < 4.78 is 0. The topological polar surface area (TPSA) is 79.8 Å². The van der Waals surface area contributed by atoms with Gasteiger partial charge < -0.3 is 5.84 Å². The van der Waals surface area contributed by atoms with Crippen LogP contribution in [-0.4, -0.2) is 17.7 Å². The number of Topliss-reactive ketones (excluding diaryl/α,β-unsaturated/α-hetero) is 1. The summed E-state index contributed by atoms with van der Waals surface area (Å²) in [6.07, 6.45) is 1.18. The molecule has 2 aromatic rings. The zero-order valence-electron chi connectivity index (χ0n) is 12.3. The number of nitrogens with zero attached hydrogens (tertiary/aromatic N) is 2. The van der Waals surface area contributed by atoms with Crippen LogP contribution in [0.15, 0.2) is 52.7 Å². The maximum atomic E-state index is 12.4. The van der Waals surface area contributed by atoms with Gasteiger partial charge >= 0.3 is 0 Å². The van der Waals surface area contributed by atoms with Gasteiger partial charge in [0.15, 0.2) is 5.71 Å². The molecule has 3 N–H and O–H groups in total. The summed E-state index contributed by atoms with van der Waals surface area (Å²) in [7, 11) is 0. The largest absolute Gasteiger partial charge is 0.323 e. The van der Waals surface area contributed by atoms with Crippen molar-refractivity contribution in [2.45, 2.75) is 6.92 Å². The van der Waals surface area contributed by atoms with E-state index in [2.05, 4.69) is 15.6 Å². The van der Waals surface area contributed by atoms with Crippen LogP contribution in [-0.2, 0) is 0 Å². The van der Waals surface area contributed by atoms with E-state index in [1.807, 2.05) is 19.1 Å². The van der Waals surface area contributed by atoms with Crippen LogP contribution in [0.3, 0.4) is 0 Å². The molecule has 7 heteroatoms. The van der Waals surface area contributed by atoms with Crippen molar-refractivity contribution in [1.82, 2.24) is 0 Å². The van der Waals surface area contributed by atoms with Crippen molar-refractivity contribution in [3.63, 3.8) is 0 Å². The second-order valence-corrected chi connectivity index (χ2v) is 5.61. The first kappa shape index (κ1) is 17.0. The molecule has 0 saturated heterocycles. The molecule has 0 heterocycles. The molecule has 0 amide bonds. The SMILES string of the molecule is Cc1ccc(C(=O)C(/C=N\N)=N\Nc2cc(Cl)cc(Cl)c2)cc1. The smallest absolute Gasteiger partial charge is 0.214 e. The Morgan fingerprint density at radius 3 is 2.30 bits per heavy atom. The molecule has 0 aliphatic rings. The van der Waals surface area contributed by atoms with Crippen LogP contribution in [0.5, 0.6) is 0 Å². The molecule has 0 unspecified atom stereocenters. The first-order chi connectivity index (χ1) is 11.0. The number of nitrogens with one attached hydrogen (secondary N) is 1. The predicted octanol–water partition coefficient (Wildman–Crippen LogP) is 3.90. The van der Waals surface area contributed by atoms with Gasteiger partial charge in [-0.2, -0.15) is 10.2 Å². The molecule has 0 radical (unpaired) electrons. The molecule has 0 fully saturated rings. The lowest BCUT2D eigenvalue weighted by Gasteiger charge is -2.05. The molecule has 0 aliphatic carbocycles. The van der Waals surface area contributed by atoms with Gasteiger partial charge in [-0.25, -0.2) is 0 Å². The molecule has 0 bridgehead atoms. The predicted molar refractivity (Wildman–Crippen MR) is 95.7 cm³/mol. The summed E-state index contributed by atoms with van der Waals surface area (Å²) >= 11 is 11.8.